The molecule has 0 radical (unpaired) electrons. The van der Waals surface area contributed by atoms with Crippen LogP contribution < -0.4 is 10.6 Å². The topological polar surface area (TPSA) is 58.2 Å². The van der Waals surface area contributed by atoms with Crippen LogP contribution in [0.2, 0.25) is 0 Å². The first-order valence-corrected chi connectivity index (χ1v) is 4.47. The molecule has 1 aliphatic rings. The van der Waals surface area contributed by atoms with Crippen molar-refractivity contribution >= 4 is 11.9 Å². The predicted molar refractivity (Wildman–Crippen MR) is 49.1 cm³/mol. The Balaban J connectivity index is 2.92. The summed E-state index contributed by atoms with van der Waals surface area (Å²) in [6.45, 7) is 7.66. The van der Waals surface area contributed by atoms with Crippen molar-refractivity contribution in [2.75, 3.05) is 0 Å². The molecule has 3 amide bonds. The molecule has 0 aromatic heterocycles. The molecule has 0 aromatic rings. The van der Waals surface area contributed by atoms with E-state index >= 15 is 0 Å². The maximum atomic E-state index is 11.5. The molecule has 1 atom stereocenters. The van der Waals surface area contributed by atoms with Crippen molar-refractivity contribution in [1.29, 1.82) is 0 Å². The van der Waals surface area contributed by atoms with Gasteiger partial charge in [-0.05, 0) is 19.8 Å². The van der Waals surface area contributed by atoms with Crippen LogP contribution in [0.4, 0.5) is 4.79 Å². The third-order valence-corrected chi connectivity index (χ3v) is 2.54. The summed E-state index contributed by atoms with van der Waals surface area (Å²) in [7, 11) is 0. The highest BCUT2D eigenvalue weighted by Crippen LogP contribution is 2.28. The zero-order chi connectivity index (χ0) is 10.2. The van der Waals surface area contributed by atoms with Crippen LogP contribution in [0, 0.1) is 11.3 Å². The van der Waals surface area contributed by atoms with Gasteiger partial charge in [0.15, 0.2) is 0 Å². The first-order chi connectivity index (χ1) is 5.85. The Labute approximate surface area is 78.1 Å². The zero-order valence-corrected chi connectivity index (χ0v) is 8.47. The van der Waals surface area contributed by atoms with Gasteiger partial charge in [0.2, 0.25) is 5.91 Å². The summed E-state index contributed by atoms with van der Waals surface area (Å²) in [5, 5.41) is 5.03. The van der Waals surface area contributed by atoms with Crippen LogP contribution in [0.1, 0.15) is 27.7 Å². The van der Waals surface area contributed by atoms with E-state index in [-0.39, 0.29) is 23.9 Å². The Morgan fingerprint density at radius 1 is 1.31 bits per heavy atom. The summed E-state index contributed by atoms with van der Waals surface area (Å²) in [4.78, 5) is 22.5. The highest BCUT2D eigenvalue weighted by Gasteiger charge is 2.43. The molecule has 4 nitrogen and oxygen atoms in total. The van der Waals surface area contributed by atoms with Gasteiger partial charge < -0.3 is 5.32 Å². The maximum absolute atomic E-state index is 11.5. The van der Waals surface area contributed by atoms with E-state index in [0.29, 0.717) is 0 Å². The monoisotopic (exact) mass is 184 g/mol. The van der Waals surface area contributed by atoms with Gasteiger partial charge in [0, 0.05) is 6.04 Å². The summed E-state index contributed by atoms with van der Waals surface area (Å²) >= 11 is 0. The van der Waals surface area contributed by atoms with E-state index < -0.39 is 5.41 Å². The van der Waals surface area contributed by atoms with Crippen molar-refractivity contribution in [3.8, 4) is 0 Å². The quantitative estimate of drug-likeness (QED) is 0.635. The number of rotatable bonds is 1. The first kappa shape index (κ1) is 10.0. The number of amides is 3. The summed E-state index contributed by atoms with van der Waals surface area (Å²) in [6.07, 6.45) is 0. The Hall–Kier alpha value is -1.06. The molecule has 74 valence electrons. The van der Waals surface area contributed by atoms with Crippen LogP contribution in [-0.2, 0) is 4.79 Å². The molecule has 0 bridgehead atoms. The largest absolute Gasteiger partial charge is 0.334 e. The number of imide groups is 1. The summed E-state index contributed by atoms with van der Waals surface area (Å²) in [5.41, 5.74) is -0.526. The van der Waals surface area contributed by atoms with Crippen LogP contribution in [-0.4, -0.2) is 18.0 Å². The summed E-state index contributed by atoms with van der Waals surface area (Å²) < 4.78 is 0. The molecule has 1 rings (SSSR count). The smallest absolute Gasteiger partial charge is 0.321 e. The van der Waals surface area contributed by atoms with Gasteiger partial charge in [-0.1, -0.05) is 13.8 Å². The Bertz CT molecular complexity index is 246. The van der Waals surface area contributed by atoms with E-state index in [1.54, 1.807) is 0 Å². The van der Waals surface area contributed by atoms with E-state index in [4.69, 9.17) is 0 Å². The summed E-state index contributed by atoms with van der Waals surface area (Å²) in [5.74, 6) is 0.0555. The molecular formula is C9H16N2O2. The van der Waals surface area contributed by atoms with Crippen LogP contribution in [0.3, 0.4) is 0 Å². The molecule has 0 spiro atoms. The third kappa shape index (κ3) is 1.66. The minimum Gasteiger partial charge on any atom is -0.334 e. The van der Waals surface area contributed by atoms with Crippen molar-refractivity contribution < 1.29 is 9.59 Å². The van der Waals surface area contributed by atoms with Crippen molar-refractivity contribution in [1.82, 2.24) is 10.6 Å². The second-order valence-electron chi connectivity index (χ2n) is 4.37. The van der Waals surface area contributed by atoms with Gasteiger partial charge in [-0.3, -0.25) is 10.1 Å². The Morgan fingerprint density at radius 3 is 2.31 bits per heavy atom. The molecular weight excluding hydrogens is 168 g/mol. The van der Waals surface area contributed by atoms with Gasteiger partial charge in [-0.25, -0.2) is 4.79 Å². The van der Waals surface area contributed by atoms with Gasteiger partial charge >= 0.3 is 6.03 Å². The molecule has 2 N–H and O–H groups in total. The first-order valence-electron chi connectivity index (χ1n) is 4.47. The van der Waals surface area contributed by atoms with Crippen molar-refractivity contribution in [3.63, 3.8) is 0 Å². The lowest BCUT2D eigenvalue weighted by atomic mass is 9.76. The summed E-state index contributed by atoms with van der Waals surface area (Å²) in [6, 6.07) is -0.475. The van der Waals surface area contributed by atoms with Gasteiger partial charge in [-0.15, -0.1) is 0 Å². The minimum absolute atomic E-state index is 0.0891. The zero-order valence-electron chi connectivity index (χ0n) is 8.47. The lowest BCUT2D eigenvalue weighted by Gasteiger charge is -2.39. The second kappa shape index (κ2) is 3.01. The second-order valence-corrected chi connectivity index (χ2v) is 4.37. The SMILES string of the molecule is CC(C)C1NC(=O)NC(=O)C1(C)C. The van der Waals surface area contributed by atoms with Gasteiger partial charge in [-0.2, -0.15) is 0 Å². The van der Waals surface area contributed by atoms with Gasteiger partial charge in [0.1, 0.15) is 0 Å². The fraction of sp³-hybridized carbons (Fsp3) is 0.778. The van der Waals surface area contributed by atoms with Crippen LogP contribution in [0.25, 0.3) is 0 Å². The highest BCUT2D eigenvalue weighted by molar-refractivity contribution is 6.00. The number of nitrogens with one attached hydrogen (secondary N) is 2. The normalized spacial score (nSPS) is 27.0. The highest BCUT2D eigenvalue weighted by atomic mass is 16.2. The Kier molecular flexibility index (Phi) is 2.32. The molecule has 0 aliphatic carbocycles. The van der Waals surface area contributed by atoms with Crippen molar-refractivity contribution in [2.24, 2.45) is 11.3 Å². The van der Waals surface area contributed by atoms with E-state index in [2.05, 4.69) is 10.6 Å². The lowest BCUT2D eigenvalue weighted by molar-refractivity contribution is -0.131. The van der Waals surface area contributed by atoms with E-state index in [0.717, 1.165) is 0 Å². The standard InChI is InChI=1S/C9H16N2O2/c1-5(2)6-9(3,4)7(12)11-8(13)10-6/h5-6H,1-4H3,(H2,10,11,12,13). The van der Waals surface area contributed by atoms with Gasteiger partial charge in [0.25, 0.3) is 0 Å². The average molecular weight is 184 g/mol. The van der Waals surface area contributed by atoms with E-state index in [1.165, 1.54) is 0 Å². The molecule has 1 fully saturated rings. The predicted octanol–water partition coefficient (Wildman–Crippen LogP) is 0.877. The van der Waals surface area contributed by atoms with Gasteiger partial charge in [0.05, 0.1) is 5.41 Å². The van der Waals surface area contributed by atoms with Crippen molar-refractivity contribution in [2.45, 2.75) is 33.7 Å². The van der Waals surface area contributed by atoms with E-state index in [1.807, 2.05) is 27.7 Å². The van der Waals surface area contributed by atoms with Crippen LogP contribution in [0.15, 0.2) is 0 Å². The molecule has 1 unspecified atom stereocenters. The Morgan fingerprint density at radius 2 is 1.85 bits per heavy atom. The fourth-order valence-electron chi connectivity index (χ4n) is 1.76. The number of hydrogen-bond donors (Lipinski definition) is 2. The average Bonchev–Trinajstić information content (AvgIpc) is 1.96. The molecule has 4 heteroatoms. The molecule has 0 saturated carbocycles. The number of carbonyl (C=O) groups excluding carboxylic acids is 2. The fourth-order valence-corrected chi connectivity index (χ4v) is 1.76. The molecule has 1 heterocycles. The molecule has 0 aromatic carbocycles. The minimum atomic E-state index is -0.526. The number of carbonyl (C=O) groups is 2. The maximum Gasteiger partial charge on any atom is 0.321 e. The molecule has 1 aliphatic heterocycles. The van der Waals surface area contributed by atoms with Crippen LogP contribution >= 0.6 is 0 Å². The van der Waals surface area contributed by atoms with Crippen LogP contribution in [0.5, 0.6) is 0 Å². The molecule has 13 heavy (non-hydrogen) atoms. The molecule has 1 saturated heterocycles. The van der Waals surface area contributed by atoms with Crippen molar-refractivity contribution in [3.05, 3.63) is 0 Å². The third-order valence-electron chi connectivity index (χ3n) is 2.54. The number of urea groups is 1. The lowest BCUT2D eigenvalue weighted by Crippen LogP contribution is -2.64. The van der Waals surface area contributed by atoms with E-state index in [9.17, 15) is 9.59 Å². The number of hydrogen-bond acceptors (Lipinski definition) is 2.